The normalized spacial score (nSPS) is 27.2. The highest BCUT2D eigenvalue weighted by atomic mass is 16.3. The fourth-order valence-electron chi connectivity index (χ4n) is 3.36. The number of hydrogen-bond donors (Lipinski definition) is 2. The largest absolute Gasteiger partial charge is 0.393 e. The van der Waals surface area contributed by atoms with E-state index < -0.39 is 6.04 Å². The Balaban J connectivity index is 1.63. The van der Waals surface area contributed by atoms with Gasteiger partial charge < -0.3 is 15.7 Å². The van der Waals surface area contributed by atoms with Crippen molar-refractivity contribution in [3.8, 4) is 0 Å². The van der Waals surface area contributed by atoms with Gasteiger partial charge in [-0.2, -0.15) is 0 Å². The SMILES string of the molecule is N[C@H](C(=O)N1Cc2ccccc2C1)C1CCC(O)CC1. The third-order valence-corrected chi connectivity index (χ3v) is 4.69. The van der Waals surface area contributed by atoms with Crippen molar-refractivity contribution in [2.75, 3.05) is 0 Å². The van der Waals surface area contributed by atoms with Crippen molar-refractivity contribution in [2.45, 2.75) is 50.9 Å². The monoisotopic (exact) mass is 274 g/mol. The first-order valence-electron chi connectivity index (χ1n) is 7.44. The summed E-state index contributed by atoms with van der Waals surface area (Å²) in [7, 11) is 0. The van der Waals surface area contributed by atoms with Crippen LogP contribution in [0.4, 0.5) is 0 Å². The molecule has 1 atom stereocenters. The van der Waals surface area contributed by atoms with Gasteiger partial charge in [-0.25, -0.2) is 0 Å². The van der Waals surface area contributed by atoms with Gasteiger partial charge in [0.05, 0.1) is 12.1 Å². The Morgan fingerprint density at radius 3 is 2.25 bits per heavy atom. The number of carbonyl (C=O) groups is 1. The van der Waals surface area contributed by atoms with Crippen molar-refractivity contribution < 1.29 is 9.90 Å². The van der Waals surface area contributed by atoms with Crippen LogP contribution in [0, 0.1) is 5.92 Å². The van der Waals surface area contributed by atoms with Gasteiger partial charge in [-0.15, -0.1) is 0 Å². The molecule has 108 valence electrons. The number of aliphatic hydroxyl groups is 1. The zero-order chi connectivity index (χ0) is 14.1. The molecule has 3 rings (SSSR count). The molecule has 3 N–H and O–H groups in total. The minimum Gasteiger partial charge on any atom is -0.393 e. The summed E-state index contributed by atoms with van der Waals surface area (Å²) in [5.41, 5.74) is 8.64. The molecule has 1 amide bonds. The van der Waals surface area contributed by atoms with Gasteiger partial charge in [0.25, 0.3) is 0 Å². The summed E-state index contributed by atoms with van der Waals surface area (Å²) in [6.45, 7) is 1.36. The molecule has 0 aromatic heterocycles. The van der Waals surface area contributed by atoms with E-state index in [1.54, 1.807) is 0 Å². The third kappa shape index (κ3) is 2.58. The van der Waals surface area contributed by atoms with Crippen LogP contribution in [0.2, 0.25) is 0 Å². The Labute approximate surface area is 119 Å². The molecule has 0 unspecified atom stereocenters. The minimum atomic E-state index is -0.420. The van der Waals surface area contributed by atoms with Crippen LogP contribution in [0.5, 0.6) is 0 Å². The highest BCUT2D eigenvalue weighted by Gasteiger charge is 2.33. The summed E-state index contributed by atoms with van der Waals surface area (Å²) in [6, 6.07) is 7.75. The molecule has 1 saturated carbocycles. The van der Waals surface area contributed by atoms with E-state index in [0.29, 0.717) is 13.1 Å². The van der Waals surface area contributed by atoms with Crippen LogP contribution >= 0.6 is 0 Å². The summed E-state index contributed by atoms with van der Waals surface area (Å²) >= 11 is 0. The molecule has 0 saturated heterocycles. The molecule has 1 fully saturated rings. The lowest BCUT2D eigenvalue weighted by Gasteiger charge is -2.31. The summed E-state index contributed by atoms with van der Waals surface area (Å²) in [6.07, 6.45) is 3.05. The number of aliphatic hydroxyl groups excluding tert-OH is 1. The van der Waals surface area contributed by atoms with Gasteiger partial charge in [0.2, 0.25) is 5.91 Å². The number of hydrogen-bond acceptors (Lipinski definition) is 3. The average molecular weight is 274 g/mol. The molecule has 1 heterocycles. The van der Waals surface area contributed by atoms with Gasteiger partial charge in [-0.3, -0.25) is 4.79 Å². The first-order valence-corrected chi connectivity index (χ1v) is 7.44. The first-order chi connectivity index (χ1) is 9.65. The van der Waals surface area contributed by atoms with Crippen LogP contribution in [-0.4, -0.2) is 28.1 Å². The molecule has 4 nitrogen and oxygen atoms in total. The number of nitrogens with two attached hydrogens (primary N) is 1. The molecule has 2 aliphatic rings. The van der Waals surface area contributed by atoms with E-state index in [2.05, 4.69) is 12.1 Å². The first kappa shape index (κ1) is 13.6. The minimum absolute atomic E-state index is 0.0580. The molecule has 0 spiro atoms. The van der Waals surface area contributed by atoms with Gasteiger partial charge >= 0.3 is 0 Å². The predicted molar refractivity (Wildman–Crippen MR) is 76.6 cm³/mol. The molecule has 20 heavy (non-hydrogen) atoms. The van der Waals surface area contributed by atoms with Gasteiger partial charge in [0.15, 0.2) is 0 Å². The Bertz CT molecular complexity index is 470. The van der Waals surface area contributed by atoms with Crippen molar-refractivity contribution in [1.29, 1.82) is 0 Å². The predicted octanol–water partition coefficient (Wildman–Crippen LogP) is 1.41. The number of carbonyl (C=O) groups excluding carboxylic acids is 1. The van der Waals surface area contributed by atoms with Gasteiger partial charge in [0.1, 0.15) is 0 Å². The molecule has 1 aliphatic carbocycles. The summed E-state index contributed by atoms with van der Waals surface area (Å²) < 4.78 is 0. The number of fused-ring (bicyclic) bond motifs is 1. The molecule has 1 aromatic carbocycles. The van der Waals surface area contributed by atoms with E-state index in [1.807, 2.05) is 17.0 Å². The second-order valence-corrected chi connectivity index (χ2v) is 6.06. The number of rotatable bonds is 2. The molecule has 0 bridgehead atoms. The maximum atomic E-state index is 12.5. The smallest absolute Gasteiger partial charge is 0.240 e. The number of amides is 1. The second kappa shape index (κ2) is 5.54. The standard InChI is InChI=1S/C16H22N2O2/c17-15(11-5-7-14(19)8-6-11)16(20)18-9-12-3-1-2-4-13(12)10-18/h1-4,11,14-15,19H,5-10,17H2/t11?,14?,15-/m0/s1. The highest BCUT2D eigenvalue weighted by molar-refractivity contribution is 5.82. The van der Waals surface area contributed by atoms with Crippen LogP contribution in [0.15, 0.2) is 24.3 Å². The van der Waals surface area contributed by atoms with Crippen LogP contribution in [-0.2, 0) is 17.9 Å². The summed E-state index contributed by atoms with van der Waals surface area (Å²) in [5, 5.41) is 9.54. The van der Waals surface area contributed by atoms with Crippen molar-refractivity contribution in [1.82, 2.24) is 4.90 Å². The van der Waals surface area contributed by atoms with E-state index in [0.717, 1.165) is 25.7 Å². The van der Waals surface area contributed by atoms with E-state index in [4.69, 9.17) is 5.73 Å². The lowest BCUT2D eigenvalue weighted by Crippen LogP contribution is -2.47. The molecule has 4 heteroatoms. The quantitative estimate of drug-likeness (QED) is 0.857. The highest BCUT2D eigenvalue weighted by Crippen LogP contribution is 2.29. The van der Waals surface area contributed by atoms with Crippen molar-refractivity contribution >= 4 is 5.91 Å². The zero-order valence-corrected chi connectivity index (χ0v) is 11.7. The average Bonchev–Trinajstić information content (AvgIpc) is 2.90. The topological polar surface area (TPSA) is 66.6 Å². The molecular weight excluding hydrogens is 252 g/mol. The Kier molecular flexibility index (Phi) is 3.76. The summed E-state index contributed by atoms with van der Waals surface area (Å²) in [5.74, 6) is 0.275. The molecule has 1 aromatic rings. The van der Waals surface area contributed by atoms with Crippen molar-refractivity contribution in [3.05, 3.63) is 35.4 Å². The van der Waals surface area contributed by atoms with Gasteiger partial charge in [0, 0.05) is 13.1 Å². The van der Waals surface area contributed by atoms with Crippen molar-refractivity contribution in [3.63, 3.8) is 0 Å². The zero-order valence-electron chi connectivity index (χ0n) is 11.7. The lowest BCUT2D eigenvalue weighted by atomic mass is 9.82. The Hall–Kier alpha value is -1.39. The van der Waals surface area contributed by atoms with Crippen LogP contribution in [0.1, 0.15) is 36.8 Å². The lowest BCUT2D eigenvalue weighted by molar-refractivity contribution is -0.135. The van der Waals surface area contributed by atoms with E-state index >= 15 is 0 Å². The fourth-order valence-corrected chi connectivity index (χ4v) is 3.36. The second-order valence-electron chi connectivity index (χ2n) is 6.06. The fraction of sp³-hybridized carbons (Fsp3) is 0.562. The maximum Gasteiger partial charge on any atom is 0.240 e. The third-order valence-electron chi connectivity index (χ3n) is 4.69. The van der Waals surface area contributed by atoms with Gasteiger partial charge in [-0.1, -0.05) is 24.3 Å². The van der Waals surface area contributed by atoms with Crippen LogP contribution < -0.4 is 5.73 Å². The molecule has 1 aliphatic heterocycles. The van der Waals surface area contributed by atoms with Gasteiger partial charge in [-0.05, 0) is 42.7 Å². The number of benzene rings is 1. The van der Waals surface area contributed by atoms with E-state index in [-0.39, 0.29) is 17.9 Å². The maximum absolute atomic E-state index is 12.5. The Morgan fingerprint density at radius 1 is 1.15 bits per heavy atom. The van der Waals surface area contributed by atoms with Crippen LogP contribution in [0.25, 0.3) is 0 Å². The Morgan fingerprint density at radius 2 is 1.70 bits per heavy atom. The molecule has 0 radical (unpaired) electrons. The van der Waals surface area contributed by atoms with Crippen LogP contribution in [0.3, 0.4) is 0 Å². The molecular formula is C16H22N2O2. The van der Waals surface area contributed by atoms with Crippen molar-refractivity contribution in [2.24, 2.45) is 11.7 Å². The summed E-state index contributed by atoms with van der Waals surface area (Å²) in [4.78, 5) is 14.4. The van der Waals surface area contributed by atoms with E-state index in [1.165, 1.54) is 11.1 Å². The van der Waals surface area contributed by atoms with E-state index in [9.17, 15) is 9.90 Å². The number of nitrogens with zero attached hydrogens (tertiary/aromatic N) is 1.